The highest BCUT2D eigenvalue weighted by atomic mass is 32.1. The van der Waals surface area contributed by atoms with Gasteiger partial charge in [0.25, 0.3) is 0 Å². The molecule has 0 radical (unpaired) electrons. The average Bonchev–Trinajstić information content (AvgIpc) is 3.01. The van der Waals surface area contributed by atoms with Gasteiger partial charge in [0.1, 0.15) is 0 Å². The molecule has 1 atom stereocenters. The first-order chi connectivity index (χ1) is 8.83. The van der Waals surface area contributed by atoms with Gasteiger partial charge in [-0.2, -0.15) is 0 Å². The van der Waals surface area contributed by atoms with Crippen LogP contribution in [0.25, 0.3) is 10.2 Å². The predicted octanol–water partition coefficient (Wildman–Crippen LogP) is 3.97. The van der Waals surface area contributed by atoms with Gasteiger partial charge in [-0.05, 0) is 37.5 Å². The molecule has 102 valence electrons. The van der Waals surface area contributed by atoms with Gasteiger partial charge in [-0.3, -0.25) is 0 Å². The van der Waals surface area contributed by atoms with Gasteiger partial charge in [0, 0.05) is 16.9 Å². The quantitative estimate of drug-likeness (QED) is 0.900. The normalized spacial score (nSPS) is 19.6. The van der Waals surface area contributed by atoms with Crippen molar-refractivity contribution >= 4 is 21.6 Å². The van der Waals surface area contributed by atoms with Crippen LogP contribution in [0, 0.1) is 0 Å². The Hall–Kier alpha value is -0.930. The van der Waals surface area contributed by atoms with Crippen LogP contribution < -0.4 is 5.73 Å². The summed E-state index contributed by atoms with van der Waals surface area (Å²) in [7, 11) is 0. The molecule has 0 spiro atoms. The molecule has 2 aromatic rings. The van der Waals surface area contributed by atoms with Crippen LogP contribution in [-0.4, -0.2) is 11.0 Å². The van der Waals surface area contributed by atoms with E-state index in [-0.39, 0.29) is 16.9 Å². The lowest BCUT2D eigenvalue weighted by atomic mass is 9.89. The first-order valence-corrected chi connectivity index (χ1v) is 7.82. The maximum atomic E-state index is 6.17. The van der Waals surface area contributed by atoms with Gasteiger partial charge in [-0.1, -0.05) is 26.8 Å². The summed E-state index contributed by atoms with van der Waals surface area (Å²) in [6, 6.07) is 6.96. The van der Waals surface area contributed by atoms with Gasteiger partial charge >= 0.3 is 0 Å². The number of benzene rings is 1. The van der Waals surface area contributed by atoms with Crippen molar-refractivity contribution in [2.24, 2.45) is 5.73 Å². The zero-order valence-electron chi connectivity index (χ0n) is 12.2. The van der Waals surface area contributed by atoms with Crippen molar-refractivity contribution in [2.45, 2.75) is 57.4 Å². The van der Waals surface area contributed by atoms with Crippen LogP contribution in [0.1, 0.15) is 51.1 Å². The molecule has 0 bridgehead atoms. The van der Waals surface area contributed by atoms with Crippen LogP contribution in [0.15, 0.2) is 18.2 Å². The fourth-order valence-electron chi connectivity index (χ4n) is 2.70. The van der Waals surface area contributed by atoms with Gasteiger partial charge in [-0.15, -0.1) is 11.3 Å². The van der Waals surface area contributed by atoms with E-state index in [9.17, 15) is 0 Å². The number of rotatable bonds is 2. The van der Waals surface area contributed by atoms with E-state index in [4.69, 9.17) is 10.7 Å². The molecule has 1 saturated carbocycles. The van der Waals surface area contributed by atoms with E-state index < -0.39 is 0 Å². The Balaban J connectivity index is 2.07. The fraction of sp³-hybridized carbons (Fsp3) is 0.562. The summed E-state index contributed by atoms with van der Waals surface area (Å²) in [4.78, 5) is 4.82. The molecule has 1 aliphatic carbocycles. The second kappa shape index (κ2) is 4.03. The summed E-state index contributed by atoms with van der Waals surface area (Å²) >= 11 is 1.81. The molecule has 1 aromatic heterocycles. The van der Waals surface area contributed by atoms with Crippen LogP contribution in [0.3, 0.4) is 0 Å². The third kappa shape index (κ3) is 2.09. The highest BCUT2D eigenvalue weighted by molar-refractivity contribution is 7.18. The van der Waals surface area contributed by atoms with Crippen molar-refractivity contribution in [3.63, 3.8) is 0 Å². The topological polar surface area (TPSA) is 38.9 Å². The van der Waals surface area contributed by atoms with E-state index >= 15 is 0 Å². The van der Waals surface area contributed by atoms with E-state index in [1.807, 2.05) is 11.3 Å². The standard InChI is InChI=1S/C16H22N2S/c1-10(17)16(7-8-16)11-5-6-13-12(9-11)18-14(19-13)15(2,3)4/h5-6,9-10H,7-8,17H2,1-4H3. The van der Waals surface area contributed by atoms with Crippen molar-refractivity contribution in [3.8, 4) is 0 Å². The molecule has 3 rings (SSSR count). The van der Waals surface area contributed by atoms with E-state index in [0.717, 1.165) is 5.52 Å². The van der Waals surface area contributed by atoms with Gasteiger partial charge in [0.15, 0.2) is 0 Å². The van der Waals surface area contributed by atoms with Crippen molar-refractivity contribution in [2.75, 3.05) is 0 Å². The van der Waals surface area contributed by atoms with Crippen LogP contribution in [0.4, 0.5) is 0 Å². The van der Waals surface area contributed by atoms with Crippen molar-refractivity contribution in [1.82, 2.24) is 4.98 Å². The van der Waals surface area contributed by atoms with Crippen molar-refractivity contribution in [3.05, 3.63) is 28.8 Å². The number of nitrogens with zero attached hydrogens (tertiary/aromatic N) is 1. The molecule has 1 fully saturated rings. The molecular formula is C16H22N2S. The Morgan fingerprint density at radius 1 is 1.32 bits per heavy atom. The number of hydrogen-bond acceptors (Lipinski definition) is 3. The van der Waals surface area contributed by atoms with E-state index in [1.165, 1.54) is 28.1 Å². The fourth-order valence-corrected chi connectivity index (χ4v) is 3.70. The summed E-state index contributed by atoms with van der Waals surface area (Å²) in [5, 5.41) is 1.21. The number of nitrogens with two attached hydrogens (primary N) is 1. The lowest BCUT2D eigenvalue weighted by Gasteiger charge is -2.19. The molecule has 2 N–H and O–H groups in total. The molecular weight excluding hydrogens is 252 g/mol. The van der Waals surface area contributed by atoms with Crippen LogP contribution >= 0.6 is 11.3 Å². The van der Waals surface area contributed by atoms with Crippen molar-refractivity contribution < 1.29 is 0 Å². The lowest BCUT2D eigenvalue weighted by molar-refractivity contribution is 0.557. The van der Waals surface area contributed by atoms with Crippen LogP contribution in [0.5, 0.6) is 0 Å². The summed E-state index contributed by atoms with van der Waals surface area (Å²) in [5.41, 5.74) is 9.03. The Morgan fingerprint density at radius 3 is 2.53 bits per heavy atom. The molecule has 2 nitrogen and oxygen atoms in total. The summed E-state index contributed by atoms with van der Waals surface area (Å²) < 4.78 is 1.29. The minimum Gasteiger partial charge on any atom is -0.327 e. The number of fused-ring (bicyclic) bond motifs is 1. The van der Waals surface area contributed by atoms with Crippen LogP contribution in [0.2, 0.25) is 0 Å². The third-order valence-corrected chi connectivity index (χ3v) is 5.73. The van der Waals surface area contributed by atoms with E-state index in [2.05, 4.69) is 45.9 Å². The predicted molar refractivity (Wildman–Crippen MR) is 82.9 cm³/mol. The Bertz CT molecular complexity index is 615. The van der Waals surface area contributed by atoms with Gasteiger partial charge in [-0.25, -0.2) is 4.98 Å². The molecule has 1 aromatic carbocycles. The zero-order valence-corrected chi connectivity index (χ0v) is 13.0. The van der Waals surface area contributed by atoms with Gasteiger partial charge < -0.3 is 5.73 Å². The molecule has 0 amide bonds. The molecule has 0 aliphatic heterocycles. The monoisotopic (exact) mass is 274 g/mol. The Morgan fingerprint density at radius 2 is 2.00 bits per heavy atom. The molecule has 3 heteroatoms. The molecule has 1 heterocycles. The smallest absolute Gasteiger partial charge is 0.0992 e. The molecule has 19 heavy (non-hydrogen) atoms. The Labute approximate surface area is 119 Å². The summed E-state index contributed by atoms with van der Waals surface area (Å²) in [5.74, 6) is 0. The first-order valence-electron chi connectivity index (χ1n) is 7.00. The Kier molecular flexibility index (Phi) is 2.77. The SMILES string of the molecule is CC(N)C1(c2ccc3sc(C(C)(C)C)nc3c2)CC1. The van der Waals surface area contributed by atoms with Gasteiger partial charge in [0.05, 0.1) is 15.2 Å². The largest absolute Gasteiger partial charge is 0.327 e. The maximum Gasteiger partial charge on any atom is 0.0992 e. The van der Waals surface area contributed by atoms with E-state index in [1.54, 1.807) is 0 Å². The zero-order chi connectivity index (χ0) is 13.8. The summed E-state index contributed by atoms with van der Waals surface area (Å²) in [6.07, 6.45) is 2.43. The number of aromatic nitrogens is 1. The minimum absolute atomic E-state index is 0.127. The third-order valence-electron chi connectivity index (χ3n) is 4.26. The number of hydrogen-bond donors (Lipinski definition) is 1. The maximum absolute atomic E-state index is 6.17. The second-order valence-corrected chi connectivity index (χ2v) is 7.93. The highest BCUT2D eigenvalue weighted by Gasteiger charge is 2.47. The lowest BCUT2D eigenvalue weighted by Crippen LogP contribution is -2.31. The van der Waals surface area contributed by atoms with Crippen molar-refractivity contribution in [1.29, 1.82) is 0 Å². The molecule has 1 unspecified atom stereocenters. The minimum atomic E-state index is 0.127. The van der Waals surface area contributed by atoms with Crippen LogP contribution in [-0.2, 0) is 10.8 Å². The van der Waals surface area contributed by atoms with E-state index in [0.29, 0.717) is 0 Å². The highest BCUT2D eigenvalue weighted by Crippen LogP contribution is 2.51. The molecule has 0 saturated heterocycles. The first kappa shape index (κ1) is 13.1. The average molecular weight is 274 g/mol. The number of thiazole rings is 1. The van der Waals surface area contributed by atoms with Gasteiger partial charge in [0.2, 0.25) is 0 Å². The molecule has 1 aliphatic rings. The summed E-state index contributed by atoms with van der Waals surface area (Å²) in [6.45, 7) is 8.78. The second-order valence-electron chi connectivity index (χ2n) is 6.90.